The normalized spacial score (nSPS) is 12.7. The van der Waals surface area contributed by atoms with E-state index in [2.05, 4.69) is 48.6 Å². The van der Waals surface area contributed by atoms with Gasteiger partial charge in [0.2, 0.25) is 0 Å². The first-order valence-corrected chi connectivity index (χ1v) is 17.5. The van der Waals surface area contributed by atoms with E-state index in [1.807, 2.05) is 11.0 Å². The average Bonchev–Trinajstić information content (AvgIpc) is 2.25. The van der Waals surface area contributed by atoms with E-state index in [0.717, 1.165) is 12.8 Å². The molecule has 20 heavy (non-hydrogen) atoms. The van der Waals surface area contributed by atoms with Crippen LogP contribution in [0.1, 0.15) is 47.0 Å². The number of rotatable bonds is 7. The van der Waals surface area contributed by atoms with E-state index in [9.17, 15) is 4.79 Å². The van der Waals surface area contributed by atoms with Gasteiger partial charge in [-0.3, -0.25) is 0 Å². The molecule has 0 spiro atoms. The molecule has 0 aliphatic rings. The number of hydrogen-bond donors (Lipinski definition) is 0. The third kappa shape index (κ3) is 6.78. The van der Waals surface area contributed by atoms with Crippen LogP contribution in [-0.4, -0.2) is 41.3 Å². The summed E-state index contributed by atoms with van der Waals surface area (Å²) in [7, 11) is 0. The minimum atomic E-state index is -2.27. The van der Waals surface area contributed by atoms with Gasteiger partial charge in [0.25, 0.3) is 0 Å². The summed E-state index contributed by atoms with van der Waals surface area (Å²) < 4.78 is 1.34. The van der Waals surface area contributed by atoms with Gasteiger partial charge in [0.15, 0.2) is 0 Å². The van der Waals surface area contributed by atoms with Crippen molar-refractivity contribution >= 4 is 24.3 Å². The first-order valence-electron chi connectivity index (χ1n) is 7.51. The predicted octanol–water partition coefficient (Wildman–Crippen LogP) is 4.13. The van der Waals surface area contributed by atoms with Crippen molar-refractivity contribution in [1.82, 2.24) is 4.90 Å². The molecule has 0 saturated carbocycles. The van der Waals surface area contributed by atoms with Crippen LogP contribution >= 0.6 is 0 Å². The van der Waals surface area contributed by atoms with E-state index < -0.39 is 18.4 Å². The second-order valence-corrected chi connectivity index (χ2v) is 21.5. The van der Waals surface area contributed by atoms with Crippen LogP contribution in [0.3, 0.4) is 0 Å². The Hall–Kier alpha value is -0.501. The zero-order valence-electron chi connectivity index (χ0n) is 14.2. The molecule has 0 radical (unpaired) electrons. The van der Waals surface area contributed by atoms with Crippen molar-refractivity contribution in [2.24, 2.45) is 0 Å². The molecule has 0 atom stereocenters. The van der Waals surface area contributed by atoms with Gasteiger partial charge in [-0.2, -0.15) is 0 Å². The van der Waals surface area contributed by atoms with Crippen molar-refractivity contribution < 1.29 is 4.79 Å². The van der Waals surface area contributed by atoms with E-state index in [0.29, 0.717) is 6.42 Å². The standard InChI is InChI=1S/C13H21N2O.3CH3.Sn/c1-11(2)15(12(3)4)13(16)9-7-5-6-8-10-14;;;;/h9,11-12H,5-6,8H2,1-4H3;3*1H3;. The molecule has 0 rings (SSSR count). The van der Waals surface area contributed by atoms with Gasteiger partial charge in [-0.1, -0.05) is 0 Å². The van der Waals surface area contributed by atoms with Crippen molar-refractivity contribution in [3.63, 3.8) is 0 Å². The number of carbonyl (C=O) groups excluding carboxylic acids is 1. The summed E-state index contributed by atoms with van der Waals surface area (Å²) >= 11 is -2.27. The summed E-state index contributed by atoms with van der Waals surface area (Å²) in [6.07, 6.45) is 4.23. The van der Waals surface area contributed by atoms with Gasteiger partial charge < -0.3 is 0 Å². The van der Waals surface area contributed by atoms with Crippen molar-refractivity contribution in [2.45, 2.75) is 73.9 Å². The molecule has 3 nitrogen and oxygen atoms in total. The average molecular weight is 385 g/mol. The third-order valence-electron chi connectivity index (χ3n) is 3.36. The molecule has 0 aliphatic heterocycles. The number of unbranched alkanes of at least 4 members (excludes halogenated alkanes) is 1. The Kier molecular flexibility index (Phi) is 8.49. The number of allylic oxidation sites excluding steroid dienone is 1. The number of hydrogen-bond acceptors (Lipinski definition) is 2. The van der Waals surface area contributed by atoms with Crippen LogP contribution in [0.5, 0.6) is 0 Å². The summed E-state index contributed by atoms with van der Waals surface area (Å²) in [5, 5.41) is 8.67. The Morgan fingerprint density at radius 2 is 1.70 bits per heavy atom. The molecule has 0 aliphatic carbocycles. The molecule has 0 saturated heterocycles. The van der Waals surface area contributed by atoms with Gasteiger partial charge in [0.1, 0.15) is 0 Å². The summed E-state index contributed by atoms with van der Waals surface area (Å²) in [6, 6.07) is 2.62. The molecule has 1 amide bonds. The predicted molar refractivity (Wildman–Crippen MR) is 88.0 cm³/mol. The fourth-order valence-corrected chi connectivity index (χ4v) is 6.58. The molecule has 0 heterocycles. The van der Waals surface area contributed by atoms with Gasteiger partial charge in [0, 0.05) is 0 Å². The molecule has 0 unspecified atom stereocenters. The molecule has 0 fully saturated rings. The molecular weight excluding hydrogens is 355 g/mol. The molecule has 0 aromatic rings. The zero-order chi connectivity index (χ0) is 15.9. The fraction of sp³-hybridized carbons (Fsp3) is 0.750. The summed E-state index contributed by atoms with van der Waals surface area (Å²) in [5.74, 6) is 0.133. The third-order valence-corrected chi connectivity index (χ3v) is 9.99. The number of nitriles is 1. The van der Waals surface area contributed by atoms with E-state index >= 15 is 0 Å². The Bertz CT molecular complexity index is 378. The van der Waals surface area contributed by atoms with E-state index in [1.54, 1.807) is 0 Å². The Balaban J connectivity index is 5.15. The van der Waals surface area contributed by atoms with E-state index in [1.165, 1.54) is 3.59 Å². The minimum absolute atomic E-state index is 0.133. The molecule has 0 bridgehead atoms. The second kappa shape index (κ2) is 8.71. The van der Waals surface area contributed by atoms with Crippen molar-refractivity contribution in [3.8, 4) is 6.07 Å². The SMILES string of the molecule is CC(C)N(C(=O)/C=[C](/CCCC#N)[Sn]([CH3])([CH3])[CH3])C(C)C. The maximum atomic E-state index is 12.5. The molecule has 0 aromatic carbocycles. The molecule has 0 N–H and O–H groups in total. The van der Waals surface area contributed by atoms with Crippen LogP contribution in [0.4, 0.5) is 0 Å². The van der Waals surface area contributed by atoms with Crippen LogP contribution in [0.2, 0.25) is 14.8 Å². The van der Waals surface area contributed by atoms with Gasteiger partial charge in [-0.15, -0.1) is 0 Å². The molecule has 4 heteroatoms. The van der Waals surface area contributed by atoms with E-state index in [4.69, 9.17) is 5.26 Å². The van der Waals surface area contributed by atoms with Gasteiger partial charge in [-0.25, -0.2) is 0 Å². The number of nitrogens with zero attached hydrogens (tertiary/aromatic N) is 2. The van der Waals surface area contributed by atoms with Crippen molar-refractivity contribution in [2.75, 3.05) is 0 Å². The fourth-order valence-electron chi connectivity index (χ4n) is 2.35. The van der Waals surface area contributed by atoms with Crippen LogP contribution < -0.4 is 0 Å². The Morgan fingerprint density at radius 1 is 1.20 bits per heavy atom. The zero-order valence-corrected chi connectivity index (χ0v) is 17.0. The van der Waals surface area contributed by atoms with Gasteiger partial charge in [-0.05, 0) is 0 Å². The summed E-state index contributed by atoms with van der Waals surface area (Å²) in [6.45, 7) is 8.23. The van der Waals surface area contributed by atoms with E-state index in [-0.39, 0.29) is 18.0 Å². The second-order valence-electron chi connectivity index (χ2n) is 6.86. The van der Waals surface area contributed by atoms with Crippen LogP contribution in [0, 0.1) is 11.3 Å². The Morgan fingerprint density at radius 3 is 2.05 bits per heavy atom. The quantitative estimate of drug-likeness (QED) is 0.376. The number of carbonyl (C=O) groups is 1. The monoisotopic (exact) mass is 386 g/mol. The molecular formula is C16H30N2OSn. The topological polar surface area (TPSA) is 44.1 Å². The first kappa shape index (κ1) is 19.5. The van der Waals surface area contributed by atoms with Crippen molar-refractivity contribution in [1.29, 1.82) is 5.26 Å². The van der Waals surface area contributed by atoms with Crippen LogP contribution in [0.15, 0.2) is 9.67 Å². The van der Waals surface area contributed by atoms with Crippen LogP contribution in [-0.2, 0) is 4.79 Å². The summed E-state index contributed by atoms with van der Waals surface area (Å²) in [4.78, 5) is 21.5. The van der Waals surface area contributed by atoms with Crippen molar-refractivity contribution in [3.05, 3.63) is 9.67 Å². The summed E-state index contributed by atoms with van der Waals surface area (Å²) in [5.41, 5.74) is 0. The maximum absolute atomic E-state index is 12.5. The molecule has 114 valence electrons. The van der Waals surface area contributed by atoms with Gasteiger partial charge >= 0.3 is 129 Å². The first-order chi connectivity index (χ1) is 9.11. The van der Waals surface area contributed by atoms with Gasteiger partial charge in [0.05, 0.1) is 0 Å². The van der Waals surface area contributed by atoms with Crippen LogP contribution in [0.25, 0.3) is 0 Å². The Labute approximate surface area is 128 Å². The molecule has 0 aromatic heterocycles. The number of amides is 1.